The molecule has 2 aromatic rings. The van der Waals surface area contributed by atoms with Crippen LogP contribution in [0.15, 0.2) is 48.5 Å². The van der Waals surface area contributed by atoms with Gasteiger partial charge in [-0.1, -0.05) is 47.5 Å². The largest absolute Gasteiger partial charge is 0.387 e. The molecule has 1 heterocycles. The van der Waals surface area contributed by atoms with Gasteiger partial charge in [0.05, 0.1) is 12.2 Å². The Morgan fingerprint density at radius 2 is 1.33 bits per heavy atom. The lowest BCUT2D eigenvalue weighted by Crippen LogP contribution is -2.53. The predicted octanol–water partition coefficient (Wildman–Crippen LogP) is 3.77. The maximum atomic E-state index is 10.5. The Hall–Kier alpha value is -1.14. The predicted molar refractivity (Wildman–Crippen MR) is 110 cm³/mol. The average Bonchev–Trinajstić information content (AvgIpc) is 2.65. The Morgan fingerprint density at radius 1 is 0.852 bits per heavy atom. The van der Waals surface area contributed by atoms with E-state index in [1.165, 1.54) is 0 Å². The number of rotatable bonds is 6. The summed E-state index contributed by atoms with van der Waals surface area (Å²) in [6.07, 6.45) is -1.06. The summed E-state index contributed by atoms with van der Waals surface area (Å²) < 4.78 is 0. The van der Waals surface area contributed by atoms with Gasteiger partial charge in [0.25, 0.3) is 0 Å². The highest BCUT2D eigenvalue weighted by molar-refractivity contribution is 6.30. The summed E-state index contributed by atoms with van der Waals surface area (Å²) in [7, 11) is 0. The van der Waals surface area contributed by atoms with E-state index in [9.17, 15) is 10.2 Å². The molecule has 0 amide bonds. The fraction of sp³-hybridized carbons (Fsp3) is 0.429. The van der Waals surface area contributed by atoms with E-state index in [1.54, 1.807) is 24.3 Å². The SMILES string of the molecule is C[C@@H]1CN(C[C@@H](O)c2ccc(Cl)cc2)CCN1C[C@H](O)c1ccc(Cl)cc1. The Kier molecular flexibility index (Phi) is 7.15. The third-order valence-electron chi connectivity index (χ3n) is 5.20. The van der Waals surface area contributed by atoms with E-state index in [-0.39, 0.29) is 0 Å². The van der Waals surface area contributed by atoms with Gasteiger partial charge in [0.2, 0.25) is 0 Å². The number of aliphatic hydroxyl groups is 2. The molecule has 3 rings (SSSR count). The minimum Gasteiger partial charge on any atom is -0.387 e. The molecular weight excluding hydrogens is 383 g/mol. The first-order valence-corrected chi connectivity index (χ1v) is 10.0. The van der Waals surface area contributed by atoms with Crippen LogP contribution in [0.25, 0.3) is 0 Å². The molecule has 4 nitrogen and oxygen atoms in total. The van der Waals surface area contributed by atoms with Crippen molar-refractivity contribution in [3.63, 3.8) is 0 Å². The summed E-state index contributed by atoms with van der Waals surface area (Å²) in [6.45, 7) is 5.94. The Morgan fingerprint density at radius 3 is 1.81 bits per heavy atom. The van der Waals surface area contributed by atoms with Gasteiger partial charge in [0, 0.05) is 48.8 Å². The monoisotopic (exact) mass is 408 g/mol. The molecule has 27 heavy (non-hydrogen) atoms. The molecule has 1 fully saturated rings. The van der Waals surface area contributed by atoms with Crippen molar-refractivity contribution in [2.45, 2.75) is 25.2 Å². The topological polar surface area (TPSA) is 46.9 Å². The molecule has 0 bridgehead atoms. The lowest BCUT2D eigenvalue weighted by atomic mass is 10.1. The van der Waals surface area contributed by atoms with E-state index in [4.69, 9.17) is 23.2 Å². The number of β-amino-alcohol motifs (C(OH)–C–C–N with tert-alkyl or cyclic N) is 2. The molecule has 0 radical (unpaired) electrons. The third-order valence-corrected chi connectivity index (χ3v) is 5.70. The zero-order valence-electron chi connectivity index (χ0n) is 15.4. The second-order valence-corrected chi connectivity index (χ2v) is 8.11. The normalized spacial score (nSPS) is 21.1. The first-order valence-electron chi connectivity index (χ1n) is 9.26. The number of hydrogen-bond acceptors (Lipinski definition) is 4. The van der Waals surface area contributed by atoms with E-state index in [0.29, 0.717) is 29.2 Å². The van der Waals surface area contributed by atoms with Crippen LogP contribution in [0.5, 0.6) is 0 Å². The van der Waals surface area contributed by atoms with Gasteiger partial charge >= 0.3 is 0 Å². The number of benzene rings is 2. The number of piperazine rings is 1. The zero-order chi connectivity index (χ0) is 19.4. The van der Waals surface area contributed by atoms with Crippen molar-refractivity contribution in [1.82, 2.24) is 9.80 Å². The second kappa shape index (κ2) is 9.37. The van der Waals surface area contributed by atoms with Crippen molar-refractivity contribution >= 4 is 23.2 Å². The molecule has 146 valence electrons. The second-order valence-electron chi connectivity index (χ2n) is 7.24. The molecule has 3 atom stereocenters. The van der Waals surface area contributed by atoms with Crippen LogP contribution in [0.2, 0.25) is 10.0 Å². The molecule has 1 aliphatic heterocycles. The van der Waals surface area contributed by atoms with E-state index < -0.39 is 12.2 Å². The van der Waals surface area contributed by atoms with Crippen molar-refractivity contribution in [2.24, 2.45) is 0 Å². The summed E-state index contributed by atoms with van der Waals surface area (Å²) in [5.41, 5.74) is 1.76. The first-order chi connectivity index (χ1) is 12.9. The third kappa shape index (κ3) is 5.67. The van der Waals surface area contributed by atoms with Crippen LogP contribution >= 0.6 is 23.2 Å². The molecule has 0 saturated carbocycles. The number of aliphatic hydroxyl groups excluding tert-OH is 2. The highest BCUT2D eigenvalue weighted by Crippen LogP contribution is 2.22. The van der Waals surface area contributed by atoms with Crippen LogP contribution in [0.1, 0.15) is 30.3 Å². The maximum Gasteiger partial charge on any atom is 0.0917 e. The van der Waals surface area contributed by atoms with Gasteiger partial charge in [-0.2, -0.15) is 0 Å². The summed E-state index contributed by atoms with van der Waals surface area (Å²) in [5, 5.41) is 22.3. The van der Waals surface area contributed by atoms with Gasteiger partial charge in [-0.15, -0.1) is 0 Å². The number of hydrogen-bond donors (Lipinski definition) is 2. The smallest absolute Gasteiger partial charge is 0.0917 e. The van der Waals surface area contributed by atoms with Gasteiger partial charge < -0.3 is 10.2 Å². The Balaban J connectivity index is 1.51. The van der Waals surface area contributed by atoms with Crippen molar-refractivity contribution in [2.75, 3.05) is 32.7 Å². The van der Waals surface area contributed by atoms with Crippen molar-refractivity contribution < 1.29 is 10.2 Å². The van der Waals surface area contributed by atoms with Crippen LogP contribution in [-0.4, -0.2) is 58.8 Å². The van der Waals surface area contributed by atoms with Gasteiger partial charge in [-0.25, -0.2) is 0 Å². The molecule has 0 aromatic heterocycles. The molecule has 0 unspecified atom stereocenters. The standard InChI is InChI=1S/C21H26Cl2N2O2/c1-15-12-24(13-20(26)16-2-6-18(22)7-3-16)10-11-25(15)14-21(27)17-4-8-19(23)9-5-17/h2-9,15,20-21,26-27H,10-14H2,1H3/t15-,20-,21+/m1/s1. The lowest BCUT2D eigenvalue weighted by Gasteiger charge is -2.41. The van der Waals surface area contributed by atoms with Gasteiger partial charge in [0.1, 0.15) is 0 Å². The van der Waals surface area contributed by atoms with E-state index in [1.807, 2.05) is 24.3 Å². The molecule has 1 aliphatic rings. The van der Waals surface area contributed by atoms with Crippen molar-refractivity contribution in [1.29, 1.82) is 0 Å². The molecule has 0 spiro atoms. The summed E-state index contributed by atoms with van der Waals surface area (Å²) in [5.74, 6) is 0. The molecular formula is C21H26Cl2N2O2. The summed E-state index contributed by atoms with van der Waals surface area (Å²) in [4.78, 5) is 4.57. The average molecular weight is 409 g/mol. The molecule has 2 N–H and O–H groups in total. The number of nitrogens with zero attached hydrogens (tertiary/aromatic N) is 2. The van der Waals surface area contributed by atoms with Crippen LogP contribution < -0.4 is 0 Å². The minimum absolute atomic E-state index is 0.304. The molecule has 6 heteroatoms. The fourth-order valence-electron chi connectivity index (χ4n) is 3.56. The van der Waals surface area contributed by atoms with Gasteiger partial charge in [-0.3, -0.25) is 9.80 Å². The fourth-order valence-corrected chi connectivity index (χ4v) is 3.81. The highest BCUT2D eigenvalue weighted by atomic mass is 35.5. The molecule has 1 saturated heterocycles. The van der Waals surface area contributed by atoms with Crippen LogP contribution in [0.4, 0.5) is 0 Å². The van der Waals surface area contributed by atoms with Crippen LogP contribution in [-0.2, 0) is 0 Å². The number of halogens is 2. The van der Waals surface area contributed by atoms with Crippen LogP contribution in [0, 0.1) is 0 Å². The van der Waals surface area contributed by atoms with Crippen molar-refractivity contribution in [3.05, 3.63) is 69.7 Å². The van der Waals surface area contributed by atoms with Gasteiger partial charge in [0.15, 0.2) is 0 Å². The maximum absolute atomic E-state index is 10.5. The highest BCUT2D eigenvalue weighted by Gasteiger charge is 2.27. The summed E-state index contributed by atoms with van der Waals surface area (Å²) >= 11 is 11.8. The van der Waals surface area contributed by atoms with Crippen molar-refractivity contribution in [3.8, 4) is 0 Å². The van der Waals surface area contributed by atoms with E-state index >= 15 is 0 Å². The van der Waals surface area contributed by atoms with Crippen LogP contribution in [0.3, 0.4) is 0 Å². The van der Waals surface area contributed by atoms with E-state index in [2.05, 4.69) is 16.7 Å². The molecule has 0 aliphatic carbocycles. The Labute approximate surface area is 170 Å². The minimum atomic E-state index is -0.532. The quantitative estimate of drug-likeness (QED) is 0.763. The first kappa shape index (κ1) is 20.6. The lowest BCUT2D eigenvalue weighted by molar-refractivity contribution is 0.0199. The van der Waals surface area contributed by atoms with Gasteiger partial charge in [-0.05, 0) is 42.3 Å². The Bertz CT molecular complexity index is 724. The van der Waals surface area contributed by atoms with E-state index in [0.717, 1.165) is 30.8 Å². The zero-order valence-corrected chi connectivity index (χ0v) is 16.9. The summed E-state index contributed by atoms with van der Waals surface area (Å²) in [6, 6.07) is 15.0. The molecule has 2 aromatic carbocycles.